The summed E-state index contributed by atoms with van der Waals surface area (Å²) in [4.78, 5) is 11.9. The van der Waals surface area contributed by atoms with Gasteiger partial charge in [-0.2, -0.15) is 5.10 Å². The molecule has 0 heterocycles. The number of aromatic hydroxyl groups is 2. The third-order valence-corrected chi connectivity index (χ3v) is 4.45. The Morgan fingerprint density at radius 3 is 2.59 bits per heavy atom. The number of benzene rings is 2. The summed E-state index contributed by atoms with van der Waals surface area (Å²) in [6.07, 6.45) is 1.32. The van der Waals surface area contributed by atoms with Crippen LogP contribution in [0.4, 0.5) is 0 Å². The van der Waals surface area contributed by atoms with E-state index in [1.165, 1.54) is 12.3 Å². The third-order valence-electron chi connectivity index (χ3n) is 2.68. The molecule has 2 rings (SSSR count). The maximum atomic E-state index is 11.9. The molecule has 0 saturated carbocycles. The Labute approximate surface area is 147 Å². The number of hydrogen-bond donors (Lipinski definition) is 3. The lowest BCUT2D eigenvalue weighted by Gasteiger charge is -2.06. The van der Waals surface area contributed by atoms with Gasteiger partial charge in [-0.25, -0.2) is 5.43 Å². The van der Waals surface area contributed by atoms with Gasteiger partial charge in [-0.15, -0.1) is 0 Å². The Bertz CT molecular complexity index is 766. The smallest absolute Gasteiger partial charge is 0.272 e. The largest absolute Gasteiger partial charge is 0.503 e. The van der Waals surface area contributed by atoms with Gasteiger partial charge < -0.3 is 10.2 Å². The maximum Gasteiger partial charge on any atom is 0.272 e. The summed E-state index contributed by atoms with van der Waals surface area (Å²) in [6, 6.07) is 8.12. The average Bonchev–Trinajstić information content (AvgIpc) is 2.50. The first kappa shape index (κ1) is 16.8. The third kappa shape index (κ3) is 3.60. The van der Waals surface area contributed by atoms with Crippen molar-refractivity contribution >= 4 is 55.6 Å². The number of carbonyl (C=O) groups is 1. The highest BCUT2D eigenvalue weighted by atomic mass is 79.9. The summed E-state index contributed by atoms with van der Waals surface area (Å²) < 4.78 is 0.552. The minimum Gasteiger partial charge on any atom is -0.503 e. The lowest BCUT2D eigenvalue weighted by atomic mass is 10.2. The first-order valence-corrected chi connectivity index (χ1v) is 7.86. The van der Waals surface area contributed by atoms with Crippen LogP contribution in [0, 0.1) is 0 Å². The number of nitrogens with one attached hydrogen (secondary N) is 1. The van der Waals surface area contributed by atoms with E-state index in [0.717, 1.165) is 0 Å². The van der Waals surface area contributed by atoms with Crippen LogP contribution in [-0.4, -0.2) is 22.3 Å². The zero-order valence-electron chi connectivity index (χ0n) is 10.8. The van der Waals surface area contributed by atoms with Gasteiger partial charge in [0, 0.05) is 5.56 Å². The number of carbonyl (C=O) groups excluding carboxylic acids is 1. The Hall–Kier alpha value is -1.57. The van der Waals surface area contributed by atoms with E-state index in [4.69, 9.17) is 11.6 Å². The standard InChI is InChI=1S/C14H9Br2ClN2O3/c15-9-5-7(11(16)13(21)12(9)20)6-18-19-14(22)8-3-1-2-4-10(8)17/h1-6,20-21H,(H,19,22)/b18-6+. The van der Waals surface area contributed by atoms with Gasteiger partial charge in [0.15, 0.2) is 11.5 Å². The molecule has 3 N–H and O–H groups in total. The van der Waals surface area contributed by atoms with E-state index in [1.54, 1.807) is 24.3 Å². The van der Waals surface area contributed by atoms with Gasteiger partial charge in [0.1, 0.15) is 0 Å². The van der Waals surface area contributed by atoms with Gasteiger partial charge in [-0.05, 0) is 50.1 Å². The van der Waals surface area contributed by atoms with Crippen molar-refractivity contribution < 1.29 is 15.0 Å². The first-order valence-electron chi connectivity index (χ1n) is 5.89. The van der Waals surface area contributed by atoms with Gasteiger partial charge in [0.2, 0.25) is 0 Å². The predicted molar refractivity (Wildman–Crippen MR) is 91.7 cm³/mol. The molecule has 2 aromatic rings. The van der Waals surface area contributed by atoms with Crippen LogP contribution in [0.25, 0.3) is 0 Å². The number of phenolic OH excluding ortho intramolecular Hbond substituents is 2. The minimum atomic E-state index is -0.458. The molecule has 0 unspecified atom stereocenters. The number of rotatable bonds is 3. The highest BCUT2D eigenvalue weighted by Gasteiger charge is 2.13. The second kappa shape index (κ2) is 7.13. The molecule has 5 nitrogen and oxygen atoms in total. The van der Waals surface area contributed by atoms with Crippen molar-refractivity contribution in [2.24, 2.45) is 5.10 Å². The molecule has 0 aliphatic heterocycles. The number of nitrogens with zero attached hydrogens (tertiary/aromatic N) is 1. The van der Waals surface area contributed by atoms with E-state index in [2.05, 4.69) is 42.4 Å². The topological polar surface area (TPSA) is 81.9 Å². The Balaban J connectivity index is 2.17. The Kier molecular flexibility index (Phi) is 5.44. The van der Waals surface area contributed by atoms with Gasteiger partial charge in [-0.1, -0.05) is 23.7 Å². The number of amides is 1. The Morgan fingerprint density at radius 1 is 1.23 bits per heavy atom. The van der Waals surface area contributed by atoms with Crippen LogP contribution in [0.3, 0.4) is 0 Å². The molecule has 1 amide bonds. The maximum absolute atomic E-state index is 11.9. The minimum absolute atomic E-state index is 0.254. The number of halogens is 3. The fourth-order valence-electron chi connectivity index (χ4n) is 1.58. The van der Waals surface area contributed by atoms with E-state index in [-0.39, 0.29) is 16.0 Å². The summed E-state index contributed by atoms with van der Waals surface area (Å²) >= 11 is 12.1. The molecule has 0 aliphatic carbocycles. The lowest BCUT2D eigenvalue weighted by Crippen LogP contribution is -2.18. The normalized spacial score (nSPS) is 10.9. The fraction of sp³-hybridized carbons (Fsp3) is 0. The van der Waals surface area contributed by atoms with Gasteiger partial charge in [0.05, 0.1) is 25.7 Å². The van der Waals surface area contributed by atoms with Crippen molar-refractivity contribution in [1.29, 1.82) is 0 Å². The number of phenols is 2. The van der Waals surface area contributed by atoms with Crippen LogP contribution in [0.2, 0.25) is 5.02 Å². The highest BCUT2D eigenvalue weighted by Crippen LogP contribution is 2.40. The molecule has 8 heteroatoms. The molecule has 0 saturated heterocycles. The monoisotopic (exact) mass is 446 g/mol. The molecule has 0 spiro atoms. The SMILES string of the molecule is O=C(N/N=C/c1cc(Br)c(O)c(O)c1Br)c1ccccc1Cl. The first-order chi connectivity index (χ1) is 10.4. The molecule has 22 heavy (non-hydrogen) atoms. The molecule has 0 bridgehead atoms. The number of hydrazone groups is 1. The quantitative estimate of drug-likeness (QED) is 0.377. The van der Waals surface area contributed by atoms with Crippen molar-refractivity contribution in [1.82, 2.24) is 5.43 Å². The molecule has 0 radical (unpaired) electrons. The zero-order valence-corrected chi connectivity index (χ0v) is 14.8. The molecule has 2 aromatic carbocycles. The van der Waals surface area contributed by atoms with Gasteiger partial charge in [-0.3, -0.25) is 4.79 Å². The van der Waals surface area contributed by atoms with Crippen molar-refractivity contribution in [3.05, 3.63) is 55.4 Å². The zero-order chi connectivity index (χ0) is 16.3. The van der Waals surface area contributed by atoms with Crippen molar-refractivity contribution in [2.45, 2.75) is 0 Å². The molecular weight excluding hydrogens is 439 g/mol. The summed E-state index contributed by atoms with van der Waals surface area (Å²) in [5, 5.41) is 23.4. The van der Waals surface area contributed by atoms with Crippen LogP contribution in [0.1, 0.15) is 15.9 Å². The molecule has 0 aliphatic rings. The summed E-state index contributed by atoms with van der Waals surface area (Å²) in [6.45, 7) is 0. The van der Waals surface area contributed by atoms with E-state index >= 15 is 0 Å². The average molecular weight is 448 g/mol. The van der Waals surface area contributed by atoms with Crippen LogP contribution in [0.15, 0.2) is 44.4 Å². The Morgan fingerprint density at radius 2 is 1.91 bits per heavy atom. The molecule has 0 atom stereocenters. The van der Waals surface area contributed by atoms with Crippen molar-refractivity contribution in [3.63, 3.8) is 0 Å². The van der Waals surface area contributed by atoms with E-state index < -0.39 is 5.91 Å². The van der Waals surface area contributed by atoms with Crippen LogP contribution < -0.4 is 5.43 Å². The van der Waals surface area contributed by atoms with E-state index in [0.29, 0.717) is 20.6 Å². The number of hydrogen-bond acceptors (Lipinski definition) is 4. The molecule has 114 valence electrons. The van der Waals surface area contributed by atoms with E-state index in [1.807, 2.05) is 0 Å². The summed E-state index contributed by atoms with van der Waals surface area (Å²) in [5.74, 6) is -1.07. The van der Waals surface area contributed by atoms with Crippen LogP contribution in [-0.2, 0) is 0 Å². The fourth-order valence-corrected chi connectivity index (χ4v) is 2.64. The lowest BCUT2D eigenvalue weighted by molar-refractivity contribution is 0.0955. The van der Waals surface area contributed by atoms with Crippen molar-refractivity contribution in [2.75, 3.05) is 0 Å². The molecule has 0 fully saturated rings. The van der Waals surface area contributed by atoms with Crippen molar-refractivity contribution in [3.8, 4) is 11.5 Å². The second-order valence-electron chi connectivity index (χ2n) is 4.14. The highest BCUT2D eigenvalue weighted by molar-refractivity contribution is 9.11. The van der Waals surface area contributed by atoms with Crippen LogP contribution in [0.5, 0.6) is 11.5 Å². The molecule has 0 aromatic heterocycles. The van der Waals surface area contributed by atoms with E-state index in [9.17, 15) is 15.0 Å². The van der Waals surface area contributed by atoms with Crippen LogP contribution >= 0.6 is 43.5 Å². The second-order valence-corrected chi connectivity index (χ2v) is 6.19. The summed E-state index contributed by atoms with van der Waals surface area (Å²) in [7, 11) is 0. The summed E-state index contributed by atoms with van der Waals surface area (Å²) in [5.41, 5.74) is 3.10. The van der Waals surface area contributed by atoms with Gasteiger partial charge >= 0.3 is 0 Å². The predicted octanol–water partition coefficient (Wildman–Crippen LogP) is 4.04. The molecular formula is C14H9Br2ClN2O3. The van der Waals surface area contributed by atoms with Gasteiger partial charge in [0.25, 0.3) is 5.91 Å².